The summed E-state index contributed by atoms with van der Waals surface area (Å²) in [7, 11) is 0. The zero-order chi connectivity index (χ0) is 16.3. The third-order valence-electron chi connectivity index (χ3n) is 3.49. The van der Waals surface area contributed by atoms with Crippen LogP contribution in [0.25, 0.3) is 0 Å². The first-order valence-electron chi connectivity index (χ1n) is 7.79. The Kier molecular flexibility index (Phi) is 4.88. The molecule has 1 unspecified atom stereocenters. The van der Waals surface area contributed by atoms with E-state index in [0.29, 0.717) is 0 Å². The molecule has 0 bridgehead atoms. The minimum Gasteiger partial charge on any atom is -0.444 e. The Morgan fingerprint density at radius 2 is 2.14 bits per heavy atom. The highest BCUT2D eigenvalue weighted by Crippen LogP contribution is 2.21. The molecule has 1 atom stereocenters. The number of carbonyl (C=O) groups is 1. The average molecular weight is 306 g/mol. The molecule has 2 rings (SSSR count). The van der Waals surface area contributed by atoms with Crippen molar-refractivity contribution < 1.29 is 9.53 Å². The van der Waals surface area contributed by atoms with E-state index in [9.17, 15) is 4.79 Å². The summed E-state index contributed by atoms with van der Waals surface area (Å²) < 4.78 is 5.33. The van der Waals surface area contributed by atoms with Crippen LogP contribution in [0.15, 0.2) is 6.20 Å². The van der Waals surface area contributed by atoms with Gasteiger partial charge in [0.15, 0.2) is 0 Å². The molecule has 0 saturated carbocycles. The number of nitrogens with zero attached hydrogens (tertiary/aromatic N) is 3. The van der Waals surface area contributed by atoms with Gasteiger partial charge in [-0.2, -0.15) is 0 Å². The van der Waals surface area contributed by atoms with Gasteiger partial charge in [0.25, 0.3) is 0 Å². The monoisotopic (exact) mass is 306 g/mol. The molecule has 1 aliphatic heterocycles. The number of anilines is 1. The summed E-state index contributed by atoms with van der Waals surface area (Å²) in [4.78, 5) is 23.1. The van der Waals surface area contributed by atoms with Crippen LogP contribution in [0, 0.1) is 13.8 Å². The molecule has 1 aromatic rings. The second kappa shape index (κ2) is 6.50. The van der Waals surface area contributed by atoms with Gasteiger partial charge in [0.2, 0.25) is 0 Å². The van der Waals surface area contributed by atoms with Crippen molar-refractivity contribution in [2.24, 2.45) is 0 Å². The van der Waals surface area contributed by atoms with Gasteiger partial charge in [0.1, 0.15) is 11.4 Å². The van der Waals surface area contributed by atoms with Crippen LogP contribution in [0.4, 0.5) is 10.6 Å². The zero-order valence-electron chi connectivity index (χ0n) is 14.1. The van der Waals surface area contributed by atoms with E-state index in [1.54, 1.807) is 6.20 Å². The van der Waals surface area contributed by atoms with Crippen molar-refractivity contribution in [3.8, 4) is 0 Å². The van der Waals surface area contributed by atoms with Crippen LogP contribution in [0.2, 0.25) is 0 Å². The number of aryl methyl sites for hydroxylation is 2. The van der Waals surface area contributed by atoms with Crippen molar-refractivity contribution in [1.82, 2.24) is 15.3 Å². The van der Waals surface area contributed by atoms with Gasteiger partial charge in [0, 0.05) is 25.3 Å². The first kappa shape index (κ1) is 16.5. The van der Waals surface area contributed by atoms with Crippen molar-refractivity contribution >= 4 is 11.9 Å². The van der Waals surface area contributed by atoms with Gasteiger partial charge >= 0.3 is 6.09 Å². The maximum absolute atomic E-state index is 11.9. The number of ether oxygens (including phenoxy) is 1. The molecule has 122 valence electrons. The van der Waals surface area contributed by atoms with Crippen LogP contribution in [-0.2, 0) is 4.74 Å². The van der Waals surface area contributed by atoms with Gasteiger partial charge in [-0.05, 0) is 47.5 Å². The van der Waals surface area contributed by atoms with Gasteiger partial charge in [-0.3, -0.25) is 4.98 Å². The van der Waals surface area contributed by atoms with Crippen molar-refractivity contribution in [3.63, 3.8) is 0 Å². The van der Waals surface area contributed by atoms with Gasteiger partial charge in [-0.1, -0.05) is 0 Å². The summed E-state index contributed by atoms with van der Waals surface area (Å²) in [5.74, 6) is 0.913. The number of alkyl carbamates (subject to hydrolysis) is 1. The second-order valence-electron chi connectivity index (χ2n) is 6.85. The van der Waals surface area contributed by atoms with E-state index in [0.717, 1.165) is 43.1 Å². The van der Waals surface area contributed by atoms with E-state index >= 15 is 0 Å². The Morgan fingerprint density at radius 1 is 1.41 bits per heavy atom. The Morgan fingerprint density at radius 3 is 2.82 bits per heavy atom. The minimum absolute atomic E-state index is 0.0744. The molecule has 0 spiro atoms. The fraction of sp³-hybridized carbons (Fsp3) is 0.688. The van der Waals surface area contributed by atoms with Crippen LogP contribution in [0.3, 0.4) is 0 Å². The predicted octanol–water partition coefficient (Wildman–Crippen LogP) is 2.59. The molecule has 0 radical (unpaired) electrons. The summed E-state index contributed by atoms with van der Waals surface area (Å²) in [6.07, 6.45) is 3.38. The largest absolute Gasteiger partial charge is 0.444 e. The van der Waals surface area contributed by atoms with Crippen molar-refractivity contribution in [3.05, 3.63) is 17.6 Å². The van der Waals surface area contributed by atoms with Crippen molar-refractivity contribution in [1.29, 1.82) is 0 Å². The number of amides is 1. The number of hydrogen-bond acceptors (Lipinski definition) is 5. The first-order valence-corrected chi connectivity index (χ1v) is 7.79. The number of carbonyl (C=O) groups excluding carboxylic acids is 1. The van der Waals surface area contributed by atoms with Crippen LogP contribution >= 0.6 is 0 Å². The van der Waals surface area contributed by atoms with E-state index in [-0.39, 0.29) is 12.1 Å². The molecule has 0 aliphatic carbocycles. The molecule has 22 heavy (non-hydrogen) atoms. The standard InChI is InChI=1S/C16H26N4O2/c1-11-9-17-12(2)14(18-11)20-8-6-7-13(10-20)19-15(21)22-16(3,4)5/h9,13H,6-8,10H2,1-5H3,(H,19,21). The molecule has 1 saturated heterocycles. The highest BCUT2D eigenvalue weighted by Gasteiger charge is 2.25. The summed E-state index contributed by atoms with van der Waals surface area (Å²) >= 11 is 0. The molecule has 6 nitrogen and oxygen atoms in total. The lowest BCUT2D eigenvalue weighted by molar-refractivity contribution is 0.0500. The molecule has 6 heteroatoms. The molecule has 1 N–H and O–H groups in total. The van der Waals surface area contributed by atoms with Crippen molar-refractivity contribution in [2.45, 2.75) is 59.1 Å². The summed E-state index contributed by atoms with van der Waals surface area (Å²) in [6.45, 7) is 11.2. The van der Waals surface area contributed by atoms with E-state index in [1.807, 2.05) is 34.6 Å². The van der Waals surface area contributed by atoms with E-state index in [2.05, 4.69) is 20.2 Å². The lowest BCUT2D eigenvalue weighted by Crippen LogP contribution is -2.49. The Hall–Kier alpha value is -1.85. The summed E-state index contributed by atoms with van der Waals surface area (Å²) in [6, 6.07) is 0.0744. The first-order chi connectivity index (χ1) is 10.2. The van der Waals surface area contributed by atoms with Crippen LogP contribution in [-0.4, -0.2) is 40.8 Å². The third-order valence-corrected chi connectivity index (χ3v) is 3.49. The quantitative estimate of drug-likeness (QED) is 0.909. The third kappa shape index (κ3) is 4.58. The number of nitrogens with one attached hydrogen (secondary N) is 1. The summed E-state index contributed by atoms with van der Waals surface area (Å²) in [5, 5.41) is 2.96. The predicted molar refractivity (Wildman–Crippen MR) is 86.1 cm³/mol. The van der Waals surface area contributed by atoms with Gasteiger partial charge < -0.3 is 15.0 Å². The molecular formula is C16H26N4O2. The number of hydrogen-bond donors (Lipinski definition) is 1. The summed E-state index contributed by atoms with van der Waals surface area (Å²) in [5.41, 5.74) is 1.35. The Bertz CT molecular complexity index is 539. The fourth-order valence-electron chi connectivity index (χ4n) is 2.59. The number of piperidine rings is 1. The minimum atomic E-state index is -0.475. The molecule has 1 amide bonds. The van der Waals surface area contributed by atoms with Gasteiger partial charge in [0.05, 0.1) is 11.4 Å². The van der Waals surface area contributed by atoms with E-state index in [1.165, 1.54) is 0 Å². The lowest BCUT2D eigenvalue weighted by Gasteiger charge is -2.34. The molecular weight excluding hydrogens is 280 g/mol. The van der Waals surface area contributed by atoms with Crippen molar-refractivity contribution in [2.75, 3.05) is 18.0 Å². The highest BCUT2D eigenvalue weighted by molar-refractivity contribution is 5.68. The van der Waals surface area contributed by atoms with Crippen LogP contribution < -0.4 is 10.2 Å². The highest BCUT2D eigenvalue weighted by atomic mass is 16.6. The number of aromatic nitrogens is 2. The second-order valence-corrected chi connectivity index (χ2v) is 6.85. The Balaban J connectivity index is 2.00. The average Bonchev–Trinajstić information content (AvgIpc) is 2.39. The Labute approximate surface area is 132 Å². The lowest BCUT2D eigenvalue weighted by atomic mass is 10.1. The van der Waals surface area contributed by atoms with Crippen LogP contribution in [0.1, 0.15) is 45.0 Å². The topological polar surface area (TPSA) is 67.4 Å². The van der Waals surface area contributed by atoms with E-state index in [4.69, 9.17) is 4.74 Å². The smallest absolute Gasteiger partial charge is 0.407 e. The maximum atomic E-state index is 11.9. The molecule has 0 aromatic carbocycles. The molecule has 1 fully saturated rings. The van der Waals surface area contributed by atoms with Gasteiger partial charge in [-0.15, -0.1) is 0 Å². The molecule has 1 aromatic heterocycles. The fourth-order valence-corrected chi connectivity index (χ4v) is 2.59. The molecule has 2 heterocycles. The van der Waals surface area contributed by atoms with Crippen LogP contribution in [0.5, 0.6) is 0 Å². The normalized spacial score (nSPS) is 19.0. The van der Waals surface area contributed by atoms with E-state index < -0.39 is 5.60 Å². The number of rotatable bonds is 2. The van der Waals surface area contributed by atoms with Gasteiger partial charge in [-0.25, -0.2) is 9.78 Å². The molecule has 1 aliphatic rings. The maximum Gasteiger partial charge on any atom is 0.407 e. The SMILES string of the molecule is Cc1cnc(C)c(N2CCCC(NC(=O)OC(C)(C)C)C2)n1. The zero-order valence-corrected chi connectivity index (χ0v) is 14.1.